The summed E-state index contributed by atoms with van der Waals surface area (Å²) >= 11 is 0. The summed E-state index contributed by atoms with van der Waals surface area (Å²) in [4.78, 5) is 15.6. The number of pyridine rings is 1. The summed E-state index contributed by atoms with van der Waals surface area (Å²) in [7, 11) is 1.62. The lowest BCUT2D eigenvalue weighted by Gasteiger charge is -2.01. The Labute approximate surface area is 111 Å². The van der Waals surface area contributed by atoms with Crippen LogP contribution in [0.5, 0.6) is 5.75 Å². The molecule has 96 valence electrons. The highest BCUT2D eigenvalue weighted by atomic mass is 16.5. The number of anilines is 1. The molecule has 2 rings (SSSR count). The largest absolute Gasteiger partial charge is 0.497 e. The molecule has 0 saturated heterocycles. The smallest absolute Gasteiger partial charge is 0.248 e. The fourth-order valence-electron chi connectivity index (χ4n) is 1.51. The van der Waals surface area contributed by atoms with Crippen molar-refractivity contribution in [1.82, 2.24) is 4.98 Å². The van der Waals surface area contributed by atoms with Crippen molar-refractivity contribution < 1.29 is 9.53 Å². The quantitative estimate of drug-likeness (QED) is 0.853. The van der Waals surface area contributed by atoms with Crippen LogP contribution in [-0.4, -0.2) is 18.0 Å². The van der Waals surface area contributed by atoms with Gasteiger partial charge in [0.2, 0.25) is 5.91 Å². The van der Waals surface area contributed by atoms with Crippen LogP contribution in [0.25, 0.3) is 6.08 Å². The maximum Gasteiger partial charge on any atom is 0.248 e. The van der Waals surface area contributed by atoms with Gasteiger partial charge in [0.25, 0.3) is 0 Å². The van der Waals surface area contributed by atoms with Crippen LogP contribution in [0.3, 0.4) is 0 Å². The monoisotopic (exact) mass is 254 g/mol. The summed E-state index contributed by atoms with van der Waals surface area (Å²) < 4.78 is 5.06. The number of nitrogens with one attached hydrogen (secondary N) is 1. The Kier molecular flexibility index (Phi) is 4.29. The number of benzene rings is 1. The third-order valence-electron chi connectivity index (χ3n) is 2.47. The Bertz CT molecular complexity index is 562. The lowest BCUT2D eigenvalue weighted by molar-refractivity contribution is -0.111. The molecular formula is C15H14N2O2. The van der Waals surface area contributed by atoms with Crippen LogP contribution in [0, 0.1) is 0 Å². The molecule has 0 bridgehead atoms. The summed E-state index contributed by atoms with van der Waals surface area (Å²) in [6.07, 6.45) is 6.47. The van der Waals surface area contributed by atoms with Crippen molar-refractivity contribution in [2.24, 2.45) is 0 Å². The summed E-state index contributed by atoms with van der Waals surface area (Å²) in [5, 5.41) is 2.72. The summed E-state index contributed by atoms with van der Waals surface area (Å²) in [6.45, 7) is 0. The van der Waals surface area contributed by atoms with Gasteiger partial charge in [0.15, 0.2) is 0 Å². The van der Waals surface area contributed by atoms with E-state index in [-0.39, 0.29) is 5.91 Å². The van der Waals surface area contributed by atoms with E-state index in [0.29, 0.717) is 5.69 Å². The minimum Gasteiger partial charge on any atom is -0.497 e. The van der Waals surface area contributed by atoms with E-state index in [9.17, 15) is 4.79 Å². The molecule has 1 aromatic carbocycles. The Hall–Kier alpha value is -2.62. The average Bonchev–Trinajstić information content (AvgIpc) is 2.47. The summed E-state index contributed by atoms with van der Waals surface area (Å²) in [5.41, 5.74) is 1.61. The highest BCUT2D eigenvalue weighted by Gasteiger charge is 1.97. The average molecular weight is 254 g/mol. The predicted octanol–water partition coefficient (Wildman–Crippen LogP) is 2.74. The normalized spacial score (nSPS) is 10.4. The number of ether oxygens (including phenoxy) is 1. The third kappa shape index (κ3) is 3.96. The van der Waals surface area contributed by atoms with E-state index < -0.39 is 0 Å². The molecular weight excluding hydrogens is 240 g/mol. The third-order valence-corrected chi connectivity index (χ3v) is 2.47. The van der Waals surface area contributed by atoms with Crippen molar-refractivity contribution in [3.63, 3.8) is 0 Å². The zero-order chi connectivity index (χ0) is 13.5. The van der Waals surface area contributed by atoms with E-state index in [1.54, 1.807) is 37.7 Å². The summed E-state index contributed by atoms with van der Waals surface area (Å²) in [6, 6.07) is 11.0. The lowest BCUT2D eigenvalue weighted by Crippen LogP contribution is -2.07. The first-order chi connectivity index (χ1) is 9.28. The standard InChI is InChI=1S/C15H14N2O2/c1-19-14-7-4-12(5-8-14)6-9-15(18)17-13-3-2-10-16-11-13/h2-11H,1H3,(H,17,18). The number of aromatic nitrogens is 1. The van der Waals surface area contributed by atoms with Gasteiger partial charge in [-0.25, -0.2) is 0 Å². The van der Waals surface area contributed by atoms with E-state index in [1.807, 2.05) is 24.3 Å². The molecule has 0 atom stereocenters. The molecule has 1 N–H and O–H groups in total. The van der Waals surface area contributed by atoms with Crippen molar-refractivity contribution >= 4 is 17.7 Å². The van der Waals surface area contributed by atoms with Gasteiger partial charge < -0.3 is 10.1 Å². The van der Waals surface area contributed by atoms with Gasteiger partial charge in [0.05, 0.1) is 19.0 Å². The van der Waals surface area contributed by atoms with Crippen LogP contribution in [0.4, 0.5) is 5.69 Å². The zero-order valence-corrected chi connectivity index (χ0v) is 10.5. The molecule has 1 amide bonds. The van der Waals surface area contributed by atoms with E-state index in [1.165, 1.54) is 6.08 Å². The number of methoxy groups -OCH3 is 1. The Morgan fingerprint density at radius 2 is 2.05 bits per heavy atom. The zero-order valence-electron chi connectivity index (χ0n) is 10.5. The van der Waals surface area contributed by atoms with E-state index in [4.69, 9.17) is 4.74 Å². The maximum atomic E-state index is 11.7. The van der Waals surface area contributed by atoms with Gasteiger partial charge in [0, 0.05) is 12.3 Å². The molecule has 2 aromatic rings. The first kappa shape index (κ1) is 12.8. The van der Waals surface area contributed by atoms with Crippen molar-refractivity contribution in [1.29, 1.82) is 0 Å². The summed E-state index contributed by atoms with van der Waals surface area (Å²) in [5.74, 6) is 0.598. The minimum atomic E-state index is -0.191. The van der Waals surface area contributed by atoms with Gasteiger partial charge in [-0.3, -0.25) is 9.78 Å². The van der Waals surface area contributed by atoms with Crippen LogP contribution in [-0.2, 0) is 4.79 Å². The minimum absolute atomic E-state index is 0.191. The molecule has 4 nitrogen and oxygen atoms in total. The maximum absolute atomic E-state index is 11.7. The van der Waals surface area contributed by atoms with Crippen LogP contribution in [0.2, 0.25) is 0 Å². The lowest BCUT2D eigenvalue weighted by atomic mass is 10.2. The molecule has 0 radical (unpaired) electrons. The molecule has 1 aromatic heterocycles. The molecule has 0 saturated carbocycles. The van der Waals surface area contributed by atoms with Crippen molar-refractivity contribution in [3.05, 3.63) is 60.4 Å². The molecule has 19 heavy (non-hydrogen) atoms. The molecule has 0 spiro atoms. The molecule has 1 heterocycles. The molecule has 0 fully saturated rings. The van der Waals surface area contributed by atoms with Crippen molar-refractivity contribution in [3.8, 4) is 5.75 Å². The molecule has 0 aliphatic rings. The topological polar surface area (TPSA) is 51.2 Å². The van der Waals surface area contributed by atoms with Crippen LogP contribution < -0.4 is 10.1 Å². The van der Waals surface area contributed by atoms with Gasteiger partial charge in [-0.1, -0.05) is 12.1 Å². The number of carbonyl (C=O) groups is 1. The van der Waals surface area contributed by atoms with Crippen molar-refractivity contribution in [2.75, 3.05) is 12.4 Å². The highest BCUT2D eigenvalue weighted by Crippen LogP contribution is 2.12. The van der Waals surface area contributed by atoms with Gasteiger partial charge in [-0.15, -0.1) is 0 Å². The fourth-order valence-corrected chi connectivity index (χ4v) is 1.51. The number of amides is 1. The Morgan fingerprint density at radius 3 is 2.68 bits per heavy atom. The van der Waals surface area contributed by atoms with E-state index in [2.05, 4.69) is 10.3 Å². The van der Waals surface area contributed by atoms with Gasteiger partial charge in [0.1, 0.15) is 5.75 Å². The number of nitrogens with zero attached hydrogens (tertiary/aromatic N) is 1. The van der Waals surface area contributed by atoms with E-state index >= 15 is 0 Å². The number of hydrogen-bond acceptors (Lipinski definition) is 3. The van der Waals surface area contributed by atoms with Crippen LogP contribution in [0.15, 0.2) is 54.9 Å². The van der Waals surface area contributed by atoms with Crippen molar-refractivity contribution in [2.45, 2.75) is 0 Å². The molecule has 0 unspecified atom stereocenters. The first-order valence-electron chi connectivity index (χ1n) is 5.81. The number of hydrogen-bond donors (Lipinski definition) is 1. The van der Waals surface area contributed by atoms with Gasteiger partial charge in [-0.05, 0) is 35.9 Å². The predicted molar refractivity (Wildman–Crippen MR) is 74.9 cm³/mol. The second-order valence-corrected chi connectivity index (χ2v) is 3.84. The fraction of sp³-hybridized carbons (Fsp3) is 0.0667. The SMILES string of the molecule is COc1ccc(C=CC(=O)Nc2cccnc2)cc1. The van der Waals surface area contributed by atoms with E-state index in [0.717, 1.165) is 11.3 Å². The number of rotatable bonds is 4. The van der Waals surface area contributed by atoms with Crippen LogP contribution >= 0.6 is 0 Å². The molecule has 4 heteroatoms. The molecule has 0 aliphatic heterocycles. The first-order valence-corrected chi connectivity index (χ1v) is 5.81. The van der Waals surface area contributed by atoms with Gasteiger partial charge in [-0.2, -0.15) is 0 Å². The second kappa shape index (κ2) is 6.35. The Morgan fingerprint density at radius 1 is 1.26 bits per heavy atom. The van der Waals surface area contributed by atoms with Crippen LogP contribution in [0.1, 0.15) is 5.56 Å². The second-order valence-electron chi connectivity index (χ2n) is 3.84. The number of carbonyl (C=O) groups excluding carboxylic acids is 1. The highest BCUT2D eigenvalue weighted by molar-refractivity contribution is 6.01. The Balaban J connectivity index is 1.96. The van der Waals surface area contributed by atoms with Gasteiger partial charge >= 0.3 is 0 Å². The molecule has 0 aliphatic carbocycles.